The second-order valence-electron chi connectivity index (χ2n) is 3.91. The summed E-state index contributed by atoms with van der Waals surface area (Å²) < 4.78 is 44.4. The fourth-order valence-electron chi connectivity index (χ4n) is 1.80. The van der Waals surface area contributed by atoms with Crippen LogP contribution >= 0.6 is 0 Å². The molecule has 0 atom stereocenters. The number of nitrogens with zero attached hydrogens (tertiary/aromatic N) is 2. The van der Waals surface area contributed by atoms with E-state index in [0.29, 0.717) is 18.9 Å². The van der Waals surface area contributed by atoms with Crippen LogP contribution in [0.5, 0.6) is 5.75 Å². The molecule has 2 heterocycles. The molecule has 2 rings (SSSR count). The largest absolute Gasteiger partial charge is 0.489 e. The van der Waals surface area contributed by atoms with Crippen molar-refractivity contribution in [3.05, 3.63) is 18.1 Å². The Morgan fingerprint density at radius 2 is 2.33 bits per heavy atom. The highest BCUT2D eigenvalue weighted by Crippen LogP contribution is 2.21. The second kappa shape index (κ2) is 6.51. The molecule has 0 spiro atoms. The van der Waals surface area contributed by atoms with Crippen LogP contribution < -0.4 is 15.0 Å². The molecule has 0 saturated carbocycles. The maximum Gasteiger partial charge on any atom is 0.169 e. The number of hydrogen-bond acceptors (Lipinski definition) is 5. The van der Waals surface area contributed by atoms with Crippen molar-refractivity contribution in [2.45, 2.75) is 0 Å². The topological polar surface area (TPSA) is 46.6 Å². The number of halogens is 1. The SMILES string of the molecule is [2H]C([2H])([2H])OCCOc1cnc(N2CCNCC2)c(F)c1. The molecular weight excluding hydrogens is 237 g/mol. The highest BCUT2D eigenvalue weighted by Gasteiger charge is 2.16. The minimum atomic E-state index is -2.45. The summed E-state index contributed by atoms with van der Waals surface area (Å²) in [6, 6.07) is 1.25. The van der Waals surface area contributed by atoms with Gasteiger partial charge in [0, 0.05) is 39.3 Å². The lowest BCUT2D eigenvalue weighted by Crippen LogP contribution is -2.44. The van der Waals surface area contributed by atoms with Gasteiger partial charge in [-0.15, -0.1) is 0 Å². The molecule has 0 aliphatic carbocycles. The van der Waals surface area contributed by atoms with Crippen LogP contribution in [-0.4, -0.2) is 51.4 Å². The van der Waals surface area contributed by atoms with Crippen LogP contribution in [-0.2, 0) is 4.74 Å². The van der Waals surface area contributed by atoms with Crippen molar-refractivity contribution in [1.82, 2.24) is 10.3 Å². The summed E-state index contributed by atoms with van der Waals surface area (Å²) in [7, 11) is -2.45. The quantitative estimate of drug-likeness (QED) is 0.786. The van der Waals surface area contributed by atoms with Crippen LogP contribution in [0, 0.1) is 5.82 Å². The molecule has 1 saturated heterocycles. The number of aromatic nitrogens is 1. The number of ether oxygens (including phenoxy) is 2. The van der Waals surface area contributed by atoms with E-state index in [1.807, 2.05) is 4.90 Å². The van der Waals surface area contributed by atoms with Gasteiger partial charge in [-0.3, -0.25) is 0 Å². The maximum absolute atomic E-state index is 14.0. The number of piperazine rings is 1. The monoisotopic (exact) mass is 258 g/mol. The molecule has 0 amide bonds. The Balaban J connectivity index is 1.86. The van der Waals surface area contributed by atoms with Crippen LogP contribution in [0.15, 0.2) is 12.3 Å². The summed E-state index contributed by atoms with van der Waals surface area (Å²) in [5, 5.41) is 3.19. The Kier molecular flexibility index (Phi) is 3.44. The molecule has 1 fully saturated rings. The second-order valence-corrected chi connectivity index (χ2v) is 3.91. The van der Waals surface area contributed by atoms with Gasteiger partial charge in [-0.25, -0.2) is 9.37 Å². The molecule has 1 aromatic rings. The Morgan fingerprint density at radius 1 is 1.50 bits per heavy atom. The van der Waals surface area contributed by atoms with Crippen LogP contribution in [0.3, 0.4) is 0 Å². The summed E-state index contributed by atoms with van der Waals surface area (Å²) in [6.07, 6.45) is 1.43. The van der Waals surface area contributed by atoms with Crippen LogP contribution in [0.4, 0.5) is 10.2 Å². The lowest BCUT2D eigenvalue weighted by atomic mass is 10.3. The maximum atomic E-state index is 14.0. The molecule has 1 aliphatic heterocycles. The Labute approximate surface area is 110 Å². The van der Waals surface area contributed by atoms with Crippen molar-refractivity contribution in [2.75, 3.05) is 51.3 Å². The molecule has 1 N–H and O–H groups in total. The van der Waals surface area contributed by atoms with Gasteiger partial charge in [0.25, 0.3) is 0 Å². The van der Waals surface area contributed by atoms with Crippen LogP contribution in [0.1, 0.15) is 4.11 Å². The lowest BCUT2D eigenvalue weighted by Gasteiger charge is -2.28. The highest BCUT2D eigenvalue weighted by molar-refractivity contribution is 5.43. The molecule has 0 aromatic carbocycles. The van der Waals surface area contributed by atoms with Gasteiger partial charge in [0.1, 0.15) is 12.4 Å². The minimum absolute atomic E-state index is 0.0203. The first-order chi connectivity index (χ1) is 9.96. The van der Waals surface area contributed by atoms with Crippen LogP contribution in [0.25, 0.3) is 0 Å². The minimum Gasteiger partial charge on any atom is -0.489 e. The van der Waals surface area contributed by atoms with Gasteiger partial charge in [0.2, 0.25) is 0 Å². The zero-order valence-corrected chi connectivity index (χ0v) is 9.99. The van der Waals surface area contributed by atoms with E-state index in [-0.39, 0.29) is 19.0 Å². The van der Waals surface area contributed by atoms with E-state index >= 15 is 0 Å². The van der Waals surface area contributed by atoms with E-state index in [4.69, 9.17) is 8.85 Å². The third kappa shape index (κ3) is 3.30. The number of hydrogen-bond donors (Lipinski definition) is 1. The van der Waals surface area contributed by atoms with Gasteiger partial charge < -0.3 is 19.7 Å². The van der Waals surface area contributed by atoms with E-state index in [1.54, 1.807) is 0 Å². The summed E-state index contributed by atoms with van der Waals surface area (Å²) in [6.45, 7) is 2.93. The van der Waals surface area contributed by atoms with Crippen molar-refractivity contribution in [2.24, 2.45) is 0 Å². The van der Waals surface area contributed by atoms with Crippen molar-refractivity contribution in [3.63, 3.8) is 0 Å². The summed E-state index contributed by atoms with van der Waals surface area (Å²) in [4.78, 5) is 5.94. The number of rotatable bonds is 5. The number of anilines is 1. The lowest BCUT2D eigenvalue weighted by molar-refractivity contribution is 0.146. The van der Waals surface area contributed by atoms with E-state index in [2.05, 4.69) is 15.0 Å². The van der Waals surface area contributed by atoms with Gasteiger partial charge in [-0.05, 0) is 0 Å². The third-order valence-corrected chi connectivity index (χ3v) is 2.67. The molecule has 1 aliphatic rings. The first-order valence-electron chi connectivity index (χ1n) is 7.34. The summed E-state index contributed by atoms with van der Waals surface area (Å²) in [5.41, 5.74) is 0. The Morgan fingerprint density at radius 3 is 3.06 bits per heavy atom. The molecule has 0 bridgehead atoms. The van der Waals surface area contributed by atoms with Crippen molar-refractivity contribution >= 4 is 5.82 Å². The Bertz CT molecular complexity index is 468. The molecule has 1 aromatic heterocycles. The summed E-state index contributed by atoms with van der Waals surface area (Å²) in [5.74, 6) is 0.106. The number of pyridine rings is 1. The first kappa shape index (κ1) is 9.52. The predicted octanol–water partition coefficient (Wildman–Crippen LogP) is 0.655. The average molecular weight is 258 g/mol. The molecular formula is C12H18FN3O2. The van der Waals surface area contributed by atoms with Gasteiger partial charge in [0.05, 0.1) is 16.9 Å². The van der Waals surface area contributed by atoms with Gasteiger partial charge in [-0.1, -0.05) is 0 Å². The predicted molar refractivity (Wildman–Crippen MR) is 66.6 cm³/mol. The van der Waals surface area contributed by atoms with Gasteiger partial charge >= 0.3 is 0 Å². The van der Waals surface area contributed by atoms with Crippen molar-refractivity contribution in [3.8, 4) is 5.75 Å². The van der Waals surface area contributed by atoms with Gasteiger partial charge in [-0.2, -0.15) is 0 Å². The zero-order valence-electron chi connectivity index (χ0n) is 13.0. The van der Waals surface area contributed by atoms with E-state index in [9.17, 15) is 4.39 Å². The molecule has 0 unspecified atom stereocenters. The molecule has 100 valence electrons. The molecule has 6 heteroatoms. The molecule has 18 heavy (non-hydrogen) atoms. The highest BCUT2D eigenvalue weighted by atomic mass is 19.1. The summed E-state index contributed by atoms with van der Waals surface area (Å²) >= 11 is 0. The van der Waals surface area contributed by atoms with Crippen molar-refractivity contribution in [1.29, 1.82) is 0 Å². The molecule has 5 nitrogen and oxygen atoms in total. The number of methoxy groups -OCH3 is 1. The van der Waals surface area contributed by atoms with Crippen molar-refractivity contribution < 1.29 is 18.0 Å². The van der Waals surface area contributed by atoms with E-state index in [0.717, 1.165) is 13.1 Å². The van der Waals surface area contributed by atoms with E-state index in [1.165, 1.54) is 12.3 Å². The average Bonchev–Trinajstić information content (AvgIpc) is 2.44. The zero-order chi connectivity index (χ0) is 15.3. The standard InChI is InChI=1S/C12H18FN3O2/c1-17-6-7-18-10-8-11(13)12(15-9-10)16-4-2-14-3-5-16/h8-9,14H,2-7H2,1H3/i1D3. The fourth-order valence-corrected chi connectivity index (χ4v) is 1.80. The normalized spacial score (nSPS) is 18.9. The number of nitrogens with one attached hydrogen (secondary N) is 1. The van der Waals surface area contributed by atoms with Gasteiger partial charge in [0.15, 0.2) is 11.6 Å². The first-order valence-corrected chi connectivity index (χ1v) is 5.84. The molecule has 0 radical (unpaired) electrons. The third-order valence-electron chi connectivity index (χ3n) is 2.67. The van der Waals surface area contributed by atoms with Crippen LogP contribution in [0.2, 0.25) is 0 Å². The van der Waals surface area contributed by atoms with E-state index < -0.39 is 12.9 Å². The fraction of sp³-hybridized carbons (Fsp3) is 0.583. The smallest absolute Gasteiger partial charge is 0.169 e. The Hall–Kier alpha value is -1.40.